The summed E-state index contributed by atoms with van der Waals surface area (Å²) in [6.07, 6.45) is 5.46. The van der Waals surface area contributed by atoms with Crippen molar-refractivity contribution in [2.24, 2.45) is 11.3 Å². The molecule has 0 bridgehead atoms. The van der Waals surface area contributed by atoms with E-state index >= 15 is 0 Å². The lowest BCUT2D eigenvalue weighted by Crippen LogP contribution is -2.48. The van der Waals surface area contributed by atoms with Gasteiger partial charge >= 0.3 is 0 Å². The monoisotopic (exact) mass is 367 g/mol. The molecule has 2 aliphatic rings. The highest BCUT2D eigenvalue weighted by molar-refractivity contribution is 5.95. The Kier molecular flexibility index (Phi) is 5.00. The number of carbonyl (C=O) groups excluding carboxylic acids is 1. The minimum atomic E-state index is -0.284. The van der Waals surface area contributed by atoms with Crippen LogP contribution in [0, 0.1) is 17.2 Å². The van der Waals surface area contributed by atoms with Crippen molar-refractivity contribution in [3.63, 3.8) is 0 Å². The maximum absolute atomic E-state index is 13.5. The predicted octanol–water partition coefficient (Wildman–Crippen LogP) is 4.51. The first-order chi connectivity index (χ1) is 13.1. The summed E-state index contributed by atoms with van der Waals surface area (Å²) in [6.45, 7) is 1.51. The Morgan fingerprint density at radius 2 is 1.89 bits per heavy atom. The number of likely N-dealkylation sites (tertiary alicyclic amines) is 1. The Labute approximate surface area is 159 Å². The van der Waals surface area contributed by atoms with Crippen LogP contribution in [0.5, 0.6) is 0 Å². The van der Waals surface area contributed by atoms with Crippen molar-refractivity contribution in [3.05, 3.63) is 59.9 Å². The van der Waals surface area contributed by atoms with Gasteiger partial charge in [-0.15, -0.1) is 0 Å². The van der Waals surface area contributed by atoms with Crippen LogP contribution in [-0.4, -0.2) is 35.6 Å². The number of hydrogen-bond acceptors (Lipinski definition) is 2. The minimum absolute atomic E-state index is 0.00146. The Morgan fingerprint density at radius 1 is 1.15 bits per heavy atom. The minimum Gasteiger partial charge on any atom is -0.396 e. The smallest absolute Gasteiger partial charge is 0.253 e. The number of rotatable bonds is 5. The van der Waals surface area contributed by atoms with Crippen molar-refractivity contribution in [1.29, 1.82) is 0 Å². The van der Waals surface area contributed by atoms with E-state index in [1.165, 1.54) is 25.0 Å². The average Bonchev–Trinajstić information content (AvgIpc) is 3.51. The van der Waals surface area contributed by atoms with Crippen LogP contribution in [0.1, 0.15) is 42.5 Å². The fraction of sp³-hybridized carbons (Fsp3) is 0.435. The van der Waals surface area contributed by atoms with Gasteiger partial charge in [-0.1, -0.05) is 37.1 Å². The molecule has 142 valence electrons. The van der Waals surface area contributed by atoms with Crippen molar-refractivity contribution in [2.45, 2.75) is 32.1 Å². The highest BCUT2D eigenvalue weighted by Crippen LogP contribution is 2.44. The first-order valence-corrected chi connectivity index (χ1v) is 9.85. The Hall–Kier alpha value is -2.20. The van der Waals surface area contributed by atoms with Gasteiger partial charge in [0.25, 0.3) is 5.91 Å². The van der Waals surface area contributed by atoms with Crippen molar-refractivity contribution in [2.75, 3.05) is 19.7 Å². The van der Waals surface area contributed by atoms with Gasteiger partial charge in [-0.25, -0.2) is 4.39 Å². The van der Waals surface area contributed by atoms with Gasteiger partial charge in [0.05, 0.1) is 6.61 Å². The maximum Gasteiger partial charge on any atom is 0.253 e. The molecule has 1 aliphatic carbocycles. The molecule has 1 amide bonds. The van der Waals surface area contributed by atoms with Crippen LogP contribution >= 0.6 is 0 Å². The molecule has 1 saturated carbocycles. The third-order valence-electron chi connectivity index (χ3n) is 5.97. The third-order valence-corrected chi connectivity index (χ3v) is 5.97. The molecule has 2 aromatic carbocycles. The third kappa shape index (κ3) is 4.06. The van der Waals surface area contributed by atoms with Crippen LogP contribution in [0.2, 0.25) is 0 Å². The molecule has 1 N–H and O–H groups in total. The zero-order valence-electron chi connectivity index (χ0n) is 15.5. The highest BCUT2D eigenvalue weighted by Gasteiger charge is 2.41. The zero-order valence-corrected chi connectivity index (χ0v) is 15.5. The number of piperidine rings is 1. The zero-order chi connectivity index (χ0) is 18.9. The molecule has 1 aliphatic heterocycles. The number of benzene rings is 2. The molecule has 3 nitrogen and oxygen atoms in total. The standard InChI is InChI=1S/C23H26FNO2/c24-21-7-2-5-19(13-21)18-4-1-6-20(12-18)22(27)25-11-3-10-23(15-25,16-26)14-17-8-9-17/h1-2,4-7,12-13,17,26H,3,8-11,14-16H2/t23-/m1/s1. The molecular weight excluding hydrogens is 341 g/mol. The molecular formula is C23H26FNO2. The topological polar surface area (TPSA) is 40.5 Å². The van der Waals surface area contributed by atoms with E-state index in [4.69, 9.17) is 0 Å². The van der Waals surface area contributed by atoms with Gasteiger partial charge in [0.2, 0.25) is 0 Å². The predicted molar refractivity (Wildman–Crippen MR) is 104 cm³/mol. The van der Waals surface area contributed by atoms with E-state index in [0.29, 0.717) is 12.1 Å². The van der Waals surface area contributed by atoms with Crippen molar-refractivity contribution >= 4 is 5.91 Å². The molecule has 1 saturated heterocycles. The summed E-state index contributed by atoms with van der Waals surface area (Å²) in [4.78, 5) is 15.0. The summed E-state index contributed by atoms with van der Waals surface area (Å²) < 4.78 is 13.5. The van der Waals surface area contributed by atoms with E-state index in [-0.39, 0.29) is 23.7 Å². The highest BCUT2D eigenvalue weighted by atomic mass is 19.1. The molecule has 0 spiro atoms. The maximum atomic E-state index is 13.5. The average molecular weight is 367 g/mol. The number of amides is 1. The van der Waals surface area contributed by atoms with Crippen LogP contribution < -0.4 is 0 Å². The lowest BCUT2D eigenvalue weighted by Gasteiger charge is -2.42. The lowest BCUT2D eigenvalue weighted by atomic mass is 9.76. The summed E-state index contributed by atoms with van der Waals surface area (Å²) >= 11 is 0. The number of aliphatic hydroxyl groups excluding tert-OH is 1. The first kappa shape index (κ1) is 18.2. The molecule has 1 atom stereocenters. The Morgan fingerprint density at radius 3 is 2.59 bits per heavy atom. The molecule has 4 rings (SSSR count). The molecule has 4 heteroatoms. The molecule has 0 aromatic heterocycles. The molecule has 2 aromatic rings. The molecule has 27 heavy (non-hydrogen) atoms. The second-order valence-corrected chi connectivity index (χ2v) is 8.23. The largest absolute Gasteiger partial charge is 0.396 e. The van der Waals surface area contributed by atoms with Crippen LogP contribution in [0.4, 0.5) is 4.39 Å². The van der Waals surface area contributed by atoms with E-state index in [9.17, 15) is 14.3 Å². The summed E-state index contributed by atoms with van der Waals surface area (Å²) in [7, 11) is 0. The summed E-state index contributed by atoms with van der Waals surface area (Å²) in [6, 6.07) is 13.8. The van der Waals surface area contributed by atoms with Gasteiger partial charge in [0.1, 0.15) is 5.82 Å². The normalized spacial score (nSPS) is 22.7. The Bertz CT molecular complexity index is 833. The second kappa shape index (κ2) is 7.43. The van der Waals surface area contributed by atoms with E-state index in [0.717, 1.165) is 42.9 Å². The van der Waals surface area contributed by atoms with E-state index in [1.54, 1.807) is 6.07 Å². The molecule has 0 unspecified atom stereocenters. The van der Waals surface area contributed by atoms with Crippen LogP contribution in [0.3, 0.4) is 0 Å². The van der Waals surface area contributed by atoms with Gasteiger partial charge in [-0.2, -0.15) is 0 Å². The quantitative estimate of drug-likeness (QED) is 0.845. The van der Waals surface area contributed by atoms with Crippen molar-refractivity contribution in [3.8, 4) is 11.1 Å². The van der Waals surface area contributed by atoms with Crippen LogP contribution in [0.25, 0.3) is 11.1 Å². The van der Waals surface area contributed by atoms with Gasteiger partial charge in [0.15, 0.2) is 0 Å². The number of carbonyl (C=O) groups is 1. The fourth-order valence-corrected chi connectivity index (χ4v) is 4.36. The number of halogens is 1. The Balaban J connectivity index is 1.54. The van der Waals surface area contributed by atoms with E-state index in [2.05, 4.69) is 0 Å². The van der Waals surface area contributed by atoms with Gasteiger partial charge < -0.3 is 10.0 Å². The second-order valence-electron chi connectivity index (χ2n) is 8.23. The van der Waals surface area contributed by atoms with Gasteiger partial charge in [0, 0.05) is 24.1 Å². The van der Waals surface area contributed by atoms with Gasteiger partial charge in [-0.05, 0) is 60.6 Å². The van der Waals surface area contributed by atoms with E-state index in [1.807, 2.05) is 35.2 Å². The number of nitrogens with zero attached hydrogens (tertiary/aromatic N) is 1. The summed E-state index contributed by atoms with van der Waals surface area (Å²) in [5.41, 5.74) is 2.08. The molecule has 2 fully saturated rings. The van der Waals surface area contributed by atoms with Crippen molar-refractivity contribution < 1.29 is 14.3 Å². The number of hydrogen-bond donors (Lipinski definition) is 1. The molecule has 0 radical (unpaired) electrons. The van der Waals surface area contributed by atoms with Crippen molar-refractivity contribution in [1.82, 2.24) is 4.90 Å². The van der Waals surface area contributed by atoms with Crippen LogP contribution in [-0.2, 0) is 0 Å². The van der Waals surface area contributed by atoms with Crippen LogP contribution in [0.15, 0.2) is 48.5 Å². The summed E-state index contributed by atoms with van der Waals surface area (Å²) in [5.74, 6) is 0.443. The lowest BCUT2D eigenvalue weighted by molar-refractivity contribution is 0.0196. The van der Waals surface area contributed by atoms with E-state index < -0.39 is 0 Å². The SMILES string of the molecule is O=C(c1cccc(-c2cccc(F)c2)c1)N1CCC[C@@](CO)(CC2CC2)C1. The summed E-state index contributed by atoms with van der Waals surface area (Å²) in [5, 5.41) is 10.0. The van der Waals surface area contributed by atoms with Gasteiger partial charge in [-0.3, -0.25) is 4.79 Å². The fourth-order valence-electron chi connectivity index (χ4n) is 4.36. The first-order valence-electron chi connectivity index (χ1n) is 9.85. The molecule has 1 heterocycles. The number of aliphatic hydroxyl groups is 1.